The maximum Gasteiger partial charge on any atom is 0.272 e. The Hall–Kier alpha value is -2.37. The number of pyridine rings is 1. The molecule has 2 aromatic heterocycles. The van der Waals surface area contributed by atoms with Crippen molar-refractivity contribution in [1.29, 1.82) is 0 Å². The van der Waals surface area contributed by atoms with E-state index in [1.54, 1.807) is 16.7 Å². The van der Waals surface area contributed by atoms with Crippen LogP contribution in [-0.4, -0.2) is 27.2 Å². The second-order valence-electron chi connectivity index (χ2n) is 5.65. The smallest absolute Gasteiger partial charge is 0.272 e. The number of fused-ring (bicyclic) bond motifs is 1. The lowest BCUT2D eigenvalue weighted by atomic mass is 10.2. The van der Waals surface area contributed by atoms with Gasteiger partial charge in [0.2, 0.25) is 0 Å². The van der Waals surface area contributed by atoms with Gasteiger partial charge in [-0.05, 0) is 38.7 Å². The molecule has 0 bridgehead atoms. The van der Waals surface area contributed by atoms with Gasteiger partial charge in [0.25, 0.3) is 11.5 Å². The minimum absolute atomic E-state index is 0.00329. The van der Waals surface area contributed by atoms with Gasteiger partial charge in [-0.25, -0.2) is 0 Å². The summed E-state index contributed by atoms with van der Waals surface area (Å²) < 4.78 is 1.72. The molecule has 6 heteroatoms. The molecular weight excluding hydrogens is 280 g/mol. The first-order chi connectivity index (χ1) is 10.7. The summed E-state index contributed by atoms with van der Waals surface area (Å²) in [5, 5.41) is 9.94. The second-order valence-corrected chi connectivity index (χ2v) is 5.65. The van der Waals surface area contributed by atoms with Gasteiger partial charge in [0.1, 0.15) is 0 Å². The number of hydrogen-bond donors (Lipinski definition) is 2. The van der Waals surface area contributed by atoms with Crippen molar-refractivity contribution in [2.24, 2.45) is 0 Å². The van der Waals surface area contributed by atoms with Gasteiger partial charge in [-0.1, -0.05) is 6.07 Å². The number of aromatic nitrogens is 3. The third kappa shape index (κ3) is 2.81. The molecular formula is C16H20N4O2. The van der Waals surface area contributed by atoms with Gasteiger partial charge in [-0.3, -0.25) is 14.7 Å². The Morgan fingerprint density at radius 3 is 3.09 bits per heavy atom. The van der Waals surface area contributed by atoms with E-state index >= 15 is 0 Å². The lowest BCUT2D eigenvalue weighted by molar-refractivity contribution is 0.0947. The van der Waals surface area contributed by atoms with Crippen molar-refractivity contribution in [3.8, 4) is 0 Å². The molecule has 1 aliphatic rings. The maximum absolute atomic E-state index is 12.1. The van der Waals surface area contributed by atoms with E-state index in [0.717, 1.165) is 36.2 Å². The molecule has 0 aliphatic heterocycles. The third-order valence-corrected chi connectivity index (χ3v) is 4.13. The first kappa shape index (κ1) is 14.6. The number of hydrogen-bond acceptors (Lipinski definition) is 3. The van der Waals surface area contributed by atoms with Gasteiger partial charge >= 0.3 is 0 Å². The number of aromatic amines is 1. The molecule has 0 saturated heterocycles. The molecule has 0 saturated carbocycles. The largest absolute Gasteiger partial charge is 0.351 e. The molecule has 6 nitrogen and oxygen atoms in total. The lowest BCUT2D eigenvalue weighted by Gasteiger charge is -2.09. The Bertz CT molecular complexity index is 745. The summed E-state index contributed by atoms with van der Waals surface area (Å²) in [6.07, 6.45) is 3.70. The summed E-state index contributed by atoms with van der Waals surface area (Å²) in [5.41, 5.74) is 3.62. The molecule has 2 N–H and O–H groups in total. The van der Waals surface area contributed by atoms with E-state index in [4.69, 9.17) is 0 Å². The number of rotatable bonds is 5. The average Bonchev–Trinajstić information content (AvgIpc) is 3.08. The van der Waals surface area contributed by atoms with Crippen LogP contribution in [0.1, 0.15) is 40.3 Å². The Morgan fingerprint density at radius 2 is 2.27 bits per heavy atom. The maximum atomic E-state index is 12.1. The van der Waals surface area contributed by atoms with Crippen LogP contribution in [0.25, 0.3) is 0 Å². The third-order valence-electron chi connectivity index (χ3n) is 4.13. The topological polar surface area (TPSA) is 79.8 Å². The van der Waals surface area contributed by atoms with Gasteiger partial charge in [0.05, 0.1) is 0 Å². The van der Waals surface area contributed by atoms with E-state index in [1.807, 2.05) is 13.0 Å². The van der Waals surface area contributed by atoms with Crippen molar-refractivity contribution in [3.05, 3.63) is 51.2 Å². The van der Waals surface area contributed by atoms with Crippen molar-refractivity contribution >= 4 is 5.91 Å². The van der Waals surface area contributed by atoms with Crippen molar-refractivity contribution in [3.63, 3.8) is 0 Å². The first-order valence-electron chi connectivity index (χ1n) is 7.67. The van der Waals surface area contributed by atoms with Gasteiger partial charge < -0.3 is 9.88 Å². The van der Waals surface area contributed by atoms with Crippen molar-refractivity contribution < 1.29 is 4.79 Å². The molecule has 0 aromatic carbocycles. The summed E-state index contributed by atoms with van der Waals surface area (Å²) in [6.45, 7) is 3.04. The zero-order valence-electron chi connectivity index (χ0n) is 12.7. The first-order valence-corrected chi connectivity index (χ1v) is 7.67. The van der Waals surface area contributed by atoms with Crippen molar-refractivity contribution in [1.82, 2.24) is 20.1 Å². The number of aryl methyl sites for hydroxylation is 2. The Labute approximate surface area is 128 Å². The van der Waals surface area contributed by atoms with Gasteiger partial charge in [0.15, 0.2) is 5.69 Å². The lowest BCUT2D eigenvalue weighted by Crippen LogP contribution is -2.28. The van der Waals surface area contributed by atoms with Gasteiger partial charge in [-0.15, -0.1) is 0 Å². The van der Waals surface area contributed by atoms with Crippen LogP contribution in [0.4, 0.5) is 0 Å². The van der Waals surface area contributed by atoms with E-state index in [1.165, 1.54) is 0 Å². The summed E-state index contributed by atoms with van der Waals surface area (Å²) >= 11 is 0. The predicted molar refractivity (Wildman–Crippen MR) is 83.0 cm³/mol. The van der Waals surface area contributed by atoms with Crippen molar-refractivity contribution in [2.45, 2.75) is 39.2 Å². The normalized spacial score (nSPS) is 13.1. The number of carbonyl (C=O) groups excluding carboxylic acids is 1. The number of nitrogens with zero attached hydrogens (tertiary/aromatic N) is 2. The van der Waals surface area contributed by atoms with E-state index in [9.17, 15) is 9.59 Å². The zero-order valence-corrected chi connectivity index (χ0v) is 12.7. The molecule has 0 fully saturated rings. The molecule has 1 amide bonds. The summed E-state index contributed by atoms with van der Waals surface area (Å²) in [6, 6.07) is 5.22. The molecule has 2 aromatic rings. The highest BCUT2D eigenvalue weighted by molar-refractivity contribution is 5.94. The molecule has 22 heavy (non-hydrogen) atoms. The monoisotopic (exact) mass is 300 g/mol. The molecule has 0 radical (unpaired) electrons. The quantitative estimate of drug-likeness (QED) is 0.814. The van der Waals surface area contributed by atoms with E-state index in [2.05, 4.69) is 15.5 Å². The van der Waals surface area contributed by atoms with Crippen LogP contribution >= 0.6 is 0 Å². The highest BCUT2D eigenvalue weighted by atomic mass is 16.2. The fraction of sp³-hybridized carbons (Fsp3) is 0.438. The molecule has 3 rings (SSSR count). The number of amides is 1. The minimum Gasteiger partial charge on any atom is -0.351 e. The second kappa shape index (κ2) is 6.17. The van der Waals surface area contributed by atoms with Gasteiger partial charge in [0, 0.05) is 36.1 Å². The Morgan fingerprint density at radius 1 is 1.41 bits per heavy atom. The van der Waals surface area contributed by atoms with Crippen LogP contribution in [0.15, 0.2) is 23.0 Å². The van der Waals surface area contributed by atoms with Crippen molar-refractivity contribution in [2.75, 3.05) is 6.54 Å². The average molecular weight is 300 g/mol. The van der Waals surface area contributed by atoms with Crippen LogP contribution in [0.2, 0.25) is 0 Å². The summed E-state index contributed by atoms with van der Waals surface area (Å²) in [7, 11) is 0. The highest BCUT2D eigenvalue weighted by Crippen LogP contribution is 2.22. The van der Waals surface area contributed by atoms with E-state index in [0.29, 0.717) is 25.2 Å². The highest BCUT2D eigenvalue weighted by Gasteiger charge is 2.22. The van der Waals surface area contributed by atoms with E-state index in [-0.39, 0.29) is 11.5 Å². The molecule has 116 valence electrons. The summed E-state index contributed by atoms with van der Waals surface area (Å²) in [5.74, 6) is -0.128. The number of carbonyl (C=O) groups is 1. The van der Waals surface area contributed by atoms with Crippen LogP contribution in [0.5, 0.6) is 0 Å². The number of nitrogens with one attached hydrogen (secondary N) is 2. The van der Waals surface area contributed by atoms with Crippen LogP contribution in [-0.2, 0) is 19.4 Å². The Balaban J connectivity index is 1.53. The minimum atomic E-state index is -0.128. The number of H-pyrrole nitrogens is 1. The summed E-state index contributed by atoms with van der Waals surface area (Å²) in [4.78, 5) is 23.9. The molecule has 0 atom stereocenters. The van der Waals surface area contributed by atoms with Crippen LogP contribution < -0.4 is 10.9 Å². The molecule has 2 heterocycles. The fourth-order valence-corrected chi connectivity index (χ4v) is 2.94. The van der Waals surface area contributed by atoms with Gasteiger partial charge in [-0.2, -0.15) is 5.10 Å². The zero-order chi connectivity index (χ0) is 15.5. The molecule has 0 unspecified atom stereocenters. The fourth-order valence-electron chi connectivity index (χ4n) is 2.94. The molecule has 1 aliphatic carbocycles. The van der Waals surface area contributed by atoms with Crippen LogP contribution in [0, 0.1) is 6.92 Å². The molecule has 0 spiro atoms. The van der Waals surface area contributed by atoms with Crippen LogP contribution in [0.3, 0.4) is 0 Å². The van der Waals surface area contributed by atoms with E-state index < -0.39 is 0 Å². The predicted octanol–water partition coefficient (Wildman–Crippen LogP) is 1.19. The SMILES string of the molecule is Cc1cccc(=O)n1CCCNC(=O)c1n[nH]c2c1CCC2. The standard InChI is InChI=1S/C16H20N4O2/c1-11-5-2-8-14(21)20(11)10-4-9-17-16(22)15-12-6-3-7-13(12)18-19-15/h2,5,8H,3-4,6-7,9-10H2,1H3,(H,17,22)(H,18,19). The Kier molecular flexibility index (Phi) is 4.09.